The molecule has 5 nitrogen and oxygen atoms in total. The number of hydrogen-bond donors (Lipinski definition) is 1. The Morgan fingerprint density at radius 1 is 0.970 bits per heavy atom. The van der Waals surface area contributed by atoms with E-state index in [1.54, 1.807) is 12.1 Å². The number of aliphatic hydroxyl groups is 1. The number of ether oxygens (including phenoxy) is 1. The molecule has 5 heteroatoms. The first-order valence-corrected chi connectivity index (χ1v) is 13.2. The molecule has 4 saturated carbocycles. The number of rotatable bonds is 5. The lowest BCUT2D eigenvalue weighted by atomic mass is 9.44. The lowest BCUT2D eigenvalue weighted by Gasteiger charge is -2.62. The monoisotopic (exact) mass is 455 g/mol. The molecule has 182 valence electrons. The summed E-state index contributed by atoms with van der Waals surface area (Å²) in [6.07, 6.45) is 12.2. The molecule has 0 radical (unpaired) electrons. The molecule has 4 fully saturated rings. The molecule has 0 heterocycles. The van der Waals surface area contributed by atoms with Crippen molar-refractivity contribution in [3.8, 4) is 5.75 Å². The van der Waals surface area contributed by atoms with Crippen molar-refractivity contribution in [2.75, 3.05) is 6.61 Å². The van der Waals surface area contributed by atoms with E-state index in [0.29, 0.717) is 29.3 Å². The van der Waals surface area contributed by atoms with Gasteiger partial charge in [-0.1, -0.05) is 13.8 Å². The molecular weight excluding hydrogens is 414 g/mol. The fourth-order valence-electron chi connectivity index (χ4n) is 9.00. The number of benzene rings is 1. The van der Waals surface area contributed by atoms with Crippen molar-refractivity contribution >= 4 is 5.69 Å². The molecule has 33 heavy (non-hydrogen) atoms. The zero-order valence-electron chi connectivity index (χ0n) is 20.6. The third kappa shape index (κ3) is 3.98. The second-order valence-corrected chi connectivity index (χ2v) is 12.6. The maximum atomic E-state index is 10.8. The lowest BCUT2D eigenvalue weighted by Crippen LogP contribution is -2.55. The van der Waals surface area contributed by atoms with Gasteiger partial charge in [-0.05, 0) is 124 Å². The zero-order valence-corrected chi connectivity index (χ0v) is 20.6. The molecule has 0 spiro atoms. The minimum Gasteiger partial charge on any atom is -0.494 e. The maximum absolute atomic E-state index is 10.8. The van der Waals surface area contributed by atoms with Crippen LogP contribution in [0.1, 0.15) is 85.0 Å². The smallest absolute Gasteiger partial charge is 0.269 e. The van der Waals surface area contributed by atoms with Crippen molar-refractivity contribution in [2.45, 2.75) is 90.6 Å². The predicted octanol–water partition coefficient (Wildman–Crippen LogP) is 6.77. The van der Waals surface area contributed by atoms with E-state index in [1.807, 2.05) is 0 Å². The van der Waals surface area contributed by atoms with Gasteiger partial charge >= 0.3 is 0 Å². The van der Waals surface area contributed by atoms with Gasteiger partial charge in [-0.25, -0.2) is 0 Å². The largest absolute Gasteiger partial charge is 0.494 e. The minimum atomic E-state index is -0.456. The summed E-state index contributed by atoms with van der Waals surface area (Å²) < 4.78 is 5.99. The summed E-state index contributed by atoms with van der Waals surface area (Å²) in [6, 6.07) is 6.46. The molecule has 1 aromatic carbocycles. The summed E-state index contributed by atoms with van der Waals surface area (Å²) in [5.74, 6) is 4.65. The van der Waals surface area contributed by atoms with Gasteiger partial charge in [-0.3, -0.25) is 10.1 Å². The molecule has 0 saturated heterocycles. The topological polar surface area (TPSA) is 72.6 Å². The van der Waals surface area contributed by atoms with Crippen LogP contribution in [0.3, 0.4) is 0 Å². The molecule has 8 atom stereocenters. The van der Waals surface area contributed by atoms with Crippen LogP contribution in [0.25, 0.3) is 0 Å². The van der Waals surface area contributed by atoms with Crippen LogP contribution in [0.4, 0.5) is 5.69 Å². The van der Waals surface area contributed by atoms with Gasteiger partial charge in [0, 0.05) is 12.1 Å². The number of fused-ring (bicyclic) bond motifs is 5. The number of nitrogens with zero attached hydrogens (tertiary/aromatic N) is 1. The number of non-ortho nitro benzene ring substituents is 1. The van der Waals surface area contributed by atoms with Gasteiger partial charge in [0.2, 0.25) is 0 Å². The number of nitro benzene ring substituents is 1. The van der Waals surface area contributed by atoms with Crippen molar-refractivity contribution in [1.29, 1.82) is 0 Å². The molecule has 0 bridgehead atoms. The summed E-state index contributed by atoms with van der Waals surface area (Å²) in [4.78, 5) is 10.5. The van der Waals surface area contributed by atoms with Gasteiger partial charge in [-0.2, -0.15) is 0 Å². The molecule has 0 amide bonds. The molecule has 5 rings (SSSR count). The Kier molecular flexibility index (Phi) is 5.78. The fourth-order valence-corrected chi connectivity index (χ4v) is 9.00. The average Bonchev–Trinajstić information content (AvgIpc) is 3.11. The van der Waals surface area contributed by atoms with Crippen LogP contribution in [0.5, 0.6) is 5.75 Å². The third-order valence-corrected chi connectivity index (χ3v) is 10.9. The highest BCUT2D eigenvalue weighted by Crippen LogP contribution is 2.68. The van der Waals surface area contributed by atoms with E-state index < -0.39 is 5.60 Å². The van der Waals surface area contributed by atoms with Crippen LogP contribution in [0, 0.1) is 50.5 Å². The Balaban J connectivity index is 1.22. The summed E-state index contributed by atoms with van der Waals surface area (Å²) in [6.45, 7) is 7.87. The van der Waals surface area contributed by atoms with E-state index in [4.69, 9.17) is 4.74 Å². The standard InChI is InChI=1S/C28H41NO4/c1-26(30)15-16-28(3)20(18-26)4-10-23-24-11-5-19(27(24,2)14-12-25(23)28)13-17-33-22-8-6-21(7-9-22)29(31)32/h6-9,19-20,23-25,30H,4-5,10-18H2,1-3H3/t19-,20+,23+,24+,25+,26-,27-,28+/m1/s1. The van der Waals surface area contributed by atoms with E-state index in [0.717, 1.165) is 42.8 Å². The van der Waals surface area contributed by atoms with Crippen LogP contribution < -0.4 is 4.74 Å². The summed E-state index contributed by atoms with van der Waals surface area (Å²) in [7, 11) is 0. The van der Waals surface area contributed by atoms with Crippen molar-refractivity contribution < 1.29 is 14.8 Å². The lowest BCUT2D eigenvalue weighted by molar-refractivity contribution is -0.384. The normalized spacial score (nSPS) is 44.4. The first-order valence-electron chi connectivity index (χ1n) is 13.2. The quantitative estimate of drug-likeness (QED) is 0.393. The molecule has 0 aliphatic heterocycles. The van der Waals surface area contributed by atoms with Crippen LogP contribution in [0.2, 0.25) is 0 Å². The molecule has 1 N–H and O–H groups in total. The zero-order chi connectivity index (χ0) is 23.4. The first-order chi connectivity index (χ1) is 15.6. The summed E-state index contributed by atoms with van der Waals surface area (Å²) in [5.41, 5.74) is 0.491. The second-order valence-electron chi connectivity index (χ2n) is 12.6. The van der Waals surface area contributed by atoms with E-state index in [9.17, 15) is 15.2 Å². The summed E-state index contributed by atoms with van der Waals surface area (Å²) >= 11 is 0. The third-order valence-electron chi connectivity index (χ3n) is 10.9. The van der Waals surface area contributed by atoms with E-state index >= 15 is 0 Å². The Morgan fingerprint density at radius 2 is 1.70 bits per heavy atom. The van der Waals surface area contributed by atoms with Gasteiger partial charge in [-0.15, -0.1) is 0 Å². The predicted molar refractivity (Wildman–Crippen MR) is 129 cm³/mol. The highest BCUT2D eigenvalue weighted by Gasteiger charge is 2.60. The van der Waals surface area contributed by atoms with Crippen LogP contribution in [-0.2, 0) is 0 Å². The minimum absolute atomic E-state index is 0.107. The van der Waals surface area contributed by atoms with Crippen molar-refractivity contribution in [3.05, 3.63) is 34.4 Å². The van der Waals surface area contributed by atoms with E-state index in [-0.39, 0.29) is 10.6 Å². The highest BCUT2D eigenvalue weighted by molar-refractivity contribution is 5.35. The molecule has 0 aromatic heterocycles. The fraction of sp³-hybridized carbons (Fsp3) is 0.786. The van der Waals surface area contributed by atoms with Gasteiger partial charge in [0.05, 0.1) is 17.1 Å². The number of hydrogen-bond acceptors (Lipinski definition) is 4. The van der Waals surface area contributed by atoms with Gasteiger partial charge in [0.15, 0.2) is 0 Å². The van der Waals surface area contributed by atoms with Gasteiger partial charge in [0.25, 0.3) is 5.69 Å². The van der Waals surface area contributed by atoms with Crippen LogP contribution in [-0.4, -0.2) is 22.2 Å². The molecule has 1 aromatic rings. The van der Waals surface area contributed by atoms with Crippen molar-refractivity contribution in [2.24, 2.45) is 40.4 Å². The van der Waals surface area contributed by atoms with Crippen LogP contribution >= 0.6 is 0 Å². The van der Waals surface area contributed by atoms with E-state index in [1.165, 1.54) is 57.1 Å². The Hall–Kier alpha value is -1.62. The highest BCUT2D eigenvalue weighted by atomic mass is 16.6. The molecular formula is C28H41NO4. The maximum Gasteiger partial charge on any atom is 0.269 e. The molecule has 0 unspecified atom stereocenters. The summed E-state index contributed by atoms with van der Waals surface area (Å²) in [5, 5.41) is 21.6. The average molecular weight is 456 g/mol. The molecule has 4 aliphatic rings. The van der Waals surface area contributed by atoms with Crippen molar-refractivity contribution in [1.82, 2.24) is 0 Å². The Morgan fingerprint density at radius 3 is 2.42 bits per heavy atom. The number of nitro groups is 1. The Labute approximate surface area is 198 Å². The second kappa shape index (κ2) is 8.25. The molecule has 4 aliphatic carbocycles. The van der Waals surface area contributed by atoms with Gasteiger partial charge in [0.1, 0.15) is 5.75 Å². The van der Waals surface area contributed by atoms with Crippen molar-refractivity contribution in [3.63, 3.8) is 0 Å². The SMILES string of the molecule is C[C@@]1(O)CC[C@@]2(C)[C@@H](CC[C@@H]3[C@@H]2CC[C@]2(C)[C@@H](CCOc4ccc([N+](=O)[O-])cc4)CC[C@@H]32)C1. The van der Waals surface area contributed by atoms with E-state index in [2.05, 4.69) is 20.8 Å². The van der Waals surface area contributed by atoms with Crippen LogP contribution in [0.15, 0.2) is 24.3 Å². The first kappa shape index (κ1) is 23.1. The Bertz CT molecular complexity index is 882. The van der Waals surface area contributed by atoms with Gasteiger partial charge < -0.3 is 9.84 Å².